The topological polar surface area (TPSA) is 134 Å². The third kappa shape index (κ3) is 78.3. The Balaban J connectivity index is 3.76. The lowest BCUT2D eigenvalue weighted by molar-refractivity contribution is -0.161. The van der Waals surface area contributed by atoms with Crippen LogP contribution in [0.3, 0.4) is 0 Å². The number of allylic oxidation sites excluding steroid dienone is 12. The average molecular weight is 1330 g/mol. The first-order chi connectivity index (χ1) is 45.8. The molecule has 0 spiro atoms. The summed E-state index contributed by atoms with van der Waals surface area (Å²) in [5.74, 6) is -0.803. The summed E-state index contributed by atoms with van der Waals surface area (Å²) >= 11 is 0. The number of ether oxygens (including phenoxy) is 2. The van der Waals surface area contributed by atoms with Crippen LogP contribution in [0.1, 0.15) is 412 Å². The Morgan fingerprint density at radius 2 is 0.591 bits per heavy atom. The van der Waals surface area contributed by atoms with E-state index in [1.54, 1.807) is 0 Å². The van der Waals surface area contributed by atoms with Crippen LogP contribution in [0.15, 0.2) is 72.9 Å². The van der Waals surface area contributed by atoms with Crippen molar-refractivity contribution < 1.29 is 37.6 Å². The summed E-state index contributed by atoms with van der Waals surface area (Å²) in [6.07, 6.45) is 105. The molecule has 10 heteroatoms. The van der Waals surface area contributed by atoms with Gasteiger partial charge in [-0.1, -0.05) is 408 Å². The fourth-order valence-electron chi connectivity index (χ4n) is 12.2. The van der Waals surface area contributed by atoms with Crippen LogP contribution in [0, 0.1) is 0 Å². The van der Waals surface area contributed by atoms with E-state index in [0.717, 1.165) is 70.6 Å². The van der Waals surface area contributed by atoms with E-state index >= 15 is 0 Å². The van der Waals surface area contributed by atoms with Crippen molar-refractivity contribution in [2.24, 2.45) is 5.73 Å². The first kappa shape index (κ1) is 90.5. The van der Waals surface area contributed by atoms with Gasteiger partial charge in [-0.3, -0.25) is 18.6 Å². The van der Waals surface area contributed by atoms with E-state index in [1.807, 2.05) is 0 Å². The number of hydrogen-bond acceptors (Lipinski definition) is 8. The van der Waals surface area contributed by atoms with Crippen LogP contribution in [-0.4, -0.2) is 49.3 Å². The molecule has 0 heterocycles. The zero-order valence-corrected chi connectivity index (χ0v) is 62.4. The van der Waals surface area contributed by atoms with Crippen molar-refractivity contribution in [2.75, 3.05) is 26.4 Å². The van der Waals surface area contributed by atoms with Gasteiger partial charge in [0.25, 0.3) is 0 Å². The van der Waals surface area contributed by atoms with Crippen LogP contribution in [0.25, 0.3) is 0 Å². The van der Waals surface area contributed by atoms with Crippen molar-refractivity contribution in [1.82, 2.24) is 0 Å². The number of rotatable bonds is 77. The lowest BCUT2D eigenvalue weighted by Gasteiger charge is -2.19. The highest BCUT2D eigenvalue weighted by Gasteiger charge is 2.26. The average Bonchev–Trinajstić information content (AvgIpc) is 3.49. The minimum Gasteiger partial charge on any atom is -0.462 e. The van der Waals surface area contributed by atoms with Crippen LogP contribution in [0.2, 0.25) is 0 Å². The fraction of sp³-hybridized carbons (Fsp3) is 0.831. The number of carbonyl (C=O) groups excluding carboxylic acids is 2. The van der Waals surface area contributed by atoms with Gasteiger partial charge in [-0.2, -0.15) is 0 Å². The molecule has 3 N–H and O–H groups in total. The second kappa shape index (κ2) is 78.4. The maximum atomic E-state index is 12.8. The summed E-state index contributed by atoms with van der Waals surface area (Å²) in [5, 5.41) is 0. The Hall–Kier alpha value is -2.55. The minimum absolute atomic E-state index is 0.0554. The third-order valence-corrected chi connectivity index (χ3v) is 19.1. The van der Waals surface area contributed by atoms with Crippen LogP contribution < -0.4 is 5.73 Å². The number of carbonyl (C=O) groups is 2. The Bertz CT molecular complexity index is 1760. The number of phosphoric acid groups is 1. The van der Waals surface area contributed by atoms with Gasteiger partial charge in [0.05, 0.1) is 13.2 Å². The zero-order valence-electron chi connectivity index (χ0n) is 61.5. The molecule has 0 radical (unpaired) electrons. The van der Waals surface area contributed by atoms with Crippen LogP contribution >= 0.6 is 7.82 Å². The normalized spacial score (nSPS) is 13.2. The summed E-state index contributed by atoms with van der Waals surface area (Å²) in [5.41, 5.74) is 5.42. The summed E-state index contributed by atoms with van der Waals surface area (Å²) in [6.45, 7) is 3.71. The molecule has 9 nitrogen and oxygen atoms in total. The van der Waals surface area contributed by atoms with Crippen molar-refractivity contribution in [3.63, 3.8) is 0 Å². The number of phosphoric ester groups is 1. The van der Waals surface area contributed by atoms with Gasteiger partial charge in [0.15, 0.2) is 6.10 Å². The molecule has 0 aromatic heterocycles. The van der Waals surface area contributed by atoms with Crippen LogP contribution in [0.4, 0.5) is 0 Å². The predicted octanol–water partition coefficient (Wildman–Crippen LogP) is 27.1. The Kier molecular flexibility index (Phi) is 76.3. The van der Waals surface area contributed by atoms with Gasteiger partial charge in [-0.05, 0) is 64.2 Å². The van der Waals surface area contributed by atoms with Gasteiger partial charge >= 0.3 is 19.8 Å². The second-order valence-electron chi connectivity index (χ2n) is 27.3. The smallest absolute Gasteiger partial charge is 0.462 e. The number of nitrogens with two attached hydrogens (primary N) is 1. The van der Waals surface area contributed by atoms with Crippen molar-refractivity contribution in [3.8, 4) is 0 Å². The van der Waals surface area contributed by atoms with Crippen LogP contribution in [-0.2, 0) is 32.7 Å². The molecule has 2 unspecified atom stereocenters. The third-order valence-electron chi connectivity index (χ3n) is 18.1. The van der Waals surface area contributed by atoms with Gasteiger partial charge < -0.3 is 20.1 Å². The molecule has 544 valence electrons. The van der Waals surface area contributed by atoms with E-state index in [4.69, 9.17) is 24.3 Å². The lowest BCUT2D eigenvalue weighted by Crippen LogP contribution is -2.29. The highest BCUT2D eigenvalue weighted by Crippen LogP contribution is 2.43. The molecule has 0 aromatic rings. The second-order valence-corrected chi connectivity index (χ2v) is 28.7. The van der Waals surface area contributed by atoms with Gasteiger partial charge in [0.2, 0.25) is 0 Å². The van der Waals surface area contributed by atoms with E-state index in [1.165, 1.54) is 308 Å². The molecule has 2 atom stereocenters. The Labute approximate surface area is 577 Å². The SMILES string of the molecule is CC/C=C\C/C=C\C/C=C\C/C=C\C/C=C\C/C=C\CCCCCCCCCCCCCCCCCCCCCCCCC(=O)OC(COC(=O)CCCCCCCCCCCCCCCCCCCCCCCCCCCCCCCCC)COP(=O)(O)OCCN. The van der Waals surface area contributed by atoms with Gasteiger partial charge in [0.1, 0.15) is 6.61 Å². The van der Waals surface area contributed by atoms with E-state index in [-0.39, 0.29) is 38.6 Å². The predicted molar refractivity (Wildman–Crippen MR) is 404 cm³/mol. The summed E-state index contributed by atoms with van der Waals surface area (Å²) < 4.78 is 33.3. The van der Waals surface area contributed by atoms with Gasteiger partial charge in [0, 0.05) is 19.4 Å². The van der Waals surface area contributed by atoms with E-state index in [0.29, 0.717) is 6.42 Å². The van der Waals surface area contributed by atoms with E-state index < -0.39 is 26.5 Å². The molecular formula is C83H154NO8P. The maximum absolute atomic E-state index is 12.8. The summed E-state index contributed by atoms with van der Waals surface area (Å²) in [4.78, 5) is 35.5. The highest BCUT2D eigenvalue weighted by molar-refractivity contribution is 7.47. The van der Waals surface area contributed by atoms with Crippen LogP contribution in [0.5, 0.6) is 0 Å². The zero-order chi connectivity index (χ0) is 67.2. The van der Waals surface area contributed by atoms with Crippen molar-refractivity contribution in [3.05, 3.63) is 72.9 Å². The molecule has 0 rings (SSSR count). The Morgan fingerprint density at radius 3 is 0.882 bits per heavy atom. The molecule has 0 aromatic carbocycles. The van der Waals surface area contributed by atoms with Crippen molar-refractivity contribution in [2.45, 2.75) is 418 Å². The molecule has 0 bridgehead atoms. The molecule has 0 saturated carbocycles. The monoisotopic (exact) mass is 1320 g/mol. The van der Waals surface area contributed by atoms with E-state index in [2.05, 4.69) is 86.8 Å². The molecule has 0 aliphatic carbocycles. The highest BCUT2D eigenvalue weighted by atomic mass is 31.2. The van der Waals surface area contributed by atoms with E-state index in [9.17, 15) is 19.0 Å². The Morgan fingerprint density at radius 1 is 0.333 bits per heavy atom. The van der Waals surface area contributed by atoms with Crippen molar-refractivity contribution >= 4 is 19.8 Å². The standard InChI is InChI=1S/C83H154NO8P/c1-3-5-7-9-11-13-15-17-19-21-23-25-27-29-31-33-35-36-37-38-39-40-41-42-43-44-46-48-50-52-54-56-58-60-62-64-66-68-70-72-74-76-83(86)92-81(80-91-93(87,88)90-78-77-84)79-89-82(85)75-73-71-69-67-65-63-61-59-57-55-53-51-49-47-45-34-32-30-28-26-24-22-20-18-16-14-12-10-8-6-4-2/h5,7,11,13,17,19,23,25,29,31,35-36,81H,3-4,6,8-10,12,14-16,18,20-22,24,26-28,30,32-34,37-80,84H2,1-2H3,(H,87,88)/b7-5-,13-11-,19-17-,25-23-,31-29-,36-35-. The van der Waals surface area contributed by atoms with Crippen molar-refractivity contribution in [1.29, 1.82) is 0 Å². The first-order valence-corrected chi connectivity index (χ1v) is 41.9. The van der Waals surface area contributed by atoms with Gasteiger partial charge in [-0.25, -0.2) is 4.57 Å². The fourth-order valence-corrected chi connectivity index (χ4v) is 12.9. The maximum Gasteiger partial charge on any atom is 0.472 e. The number of hydrogen-bond donors (Lipinski definition) is 2. The van der Waals surface area contributed by atoms with Gasteiger partial charge in [-0.15, -0.1) is 0 Å². The lowest BCUT2D eigenvalue weighted by atomic mass is 10.0. The molecule has 0 aliphatic heterocycles. The minimum atomic E-state index is -4.40. The summed E-state index contributed by atoms with van der Waals surface area (Å²) in [6, 6.07) is 0. The number of esters is 2. The first-order valence-electron chi connectivity index (χ1n) is 40.4. The quantitative estimate of drug-likeness (QED) is 0.0264. The molecule has 0 aliphatic rings. The summed E-state index contributed by atoms with van der Waals surface area (Å²) in [7, 11) is -4.40. The molecule has 93 heavy (non-hydrogen) atoms. The molecule has 0 amide bonds. The largest absolute Gasteiger partial charge is 0.472 e. The molecule has 0 saturated heterocycles. The molecular weight excluding hydrogens is 1170 g/mol. The molecule has 0 fully saturated rings. The number of unbranched alkanes of at least 4 members (excludes halogenated alkanes) is 52.